The van der Waals surface area contributed by atoms with Crippen LogP contribution in [0.4, 0.5) is 5.69 Å². The second-order valence-corrected chi connectivity index (χ2v) is 6.44. The van der Waals surface area contributed by atoms with Crippen molar-refractivity contribution < 1.29 is 22.1 Å². The first-order valence-corrected chi connectivity index (χ1v) is 8.68. The first-order chi connectivity index (χ1) is 11.7. The third-order valence-corrected chi connectivity index (χ3v) is 5.01. The molecular weight excluding hydrogens is 356 g/mol. The van der Waals surface area contributed by atoms with Gasteiger partial charge in [0.25, 0.3) is 5.01 Å². The van der Waals surface area contributed by atoms with Gasteiger partial charge in [-0.05, 0) is 26.0 Å². The fraction of sp³-hybridized carbons (Fsp3) is 0.167. The molecule has 25 heavy (non-hydrogen) atoms. The second-order valence-electron chi connectivity index (χ2n) is 5.55. The molecule has 4 rings (SSSR count). The molecule has 7 heteroatoms. The van der Waals surface area contributed by atoms with Crippen molar-refractivity contribution in [1.29, 1.82) is 0 Å². The largest absolute Gasteiger partial charge is 1.00 e. The zero-order valence-corrected chi connectivity index (χ0v) is 15.4. The maximum Gasteiger partial charge on any atom is 0.294 e. The number of allylic oxidation sites excluding steroid dienone is 1. The summed E-state index contributed by atoms with van der Waals surface area (Å²) in [5.74, 6) is 0.106. The van der Waals surface area contributed by atoms with Crippen LogP contribution in [0.2, 0.25) is 0 Å². The van der Waals surface area contributed by atoms with E-state index in [2.05, 4.69) is 40.3 Å². The Morgan fingerprint density at radius 3 is 2.72 bits per heavy atom. The highest BCUT2D eigenvalue weighted by atomic mass is 35.5. The Labute approximate surface area is 156 Å². The molecule has 2 aromatic heterocycles. The van der Waals surface area contributed by atoms with E-state index in [1.54, 1.807) is 17.5 Å². The van der Waals surface area contributed by atoms with Gasteiger partial charge >= 0.3 is 0 Å². The first-order valence-electron chi connectivity index (χ1n) is 7.80. The molecule has 128 valence electrons. The van der Waals surface area contributed by atoms with Crippen molar-refractivity contribution in [3.05, 3.63) is 64.2 Å². The van der Waals surface area contributed by atoms with Crippen LogP contribution in [0.15, 0.2) is 58.7 Å². The predicted octanol–water partition coefficient (Wildman–Crippen LogP) is 0.375. The number of aliphatic imine (C=N–C) groups is 1. The Morgan fingerprint density at radius 2 is 2.04 bits per heavy atom. The van der Waals surface area contributed by atoms with Gasteiger partial charge in [0.05, 0.1) is 17.2 Å². The van der Waals surface area contributed by atoms with Gasteiger partial charge in [0.2, 0.25) is 11.6 Å². The van der Waals surface area contributed by atoms with Crippen LogP contribution in [0, 0.1) is 0 Å². The molecule has 1 aliphatic rings. The molecule has 1 aromatic carbocycles. The molecule has 0 fully saturated rings. The summed E-state index contributed by atoms with van der Waals surface area (Å²) in [6.45, 7) is 4.62. The Kier molecular flexibility index (Phi) is 4.74. The molecule has 0 saturated heterocycles. The fourth-order valence-electron chi connectivity index (χ4n) is 2.96. The number of nitrogens with zero attached hydrogens (tertiary/aromatic N) is 4. The summed E-state index contributed by atoms with van der Waals surface area (Å²) in [6.07, 6.45) is 3.67. The summed E-state index contributed by atoms with van der Waals surface area (Å²) in [6, 6.07) is 10.3. The van der Waals surface area contributed by atoms with Crippen LogP contribution >= 0.6 is 11.3 Å². The maximum absolute atomic E-state index is 10.2. The molecule has 0 radical (unpaired) electrons. The minimum atomic E-state index is 0. The third kappa shape index (κ3) is 2.77. The van der Waals surface area contributed by atoms with Gasteiger partial charge in [-0.3, -0.25) is 0 Å². The van der Waals surface area contributed by atoms with Crippen molar-refractivity contribution in [2.24, 2.45) is 4.99 Å². The Morgan fingerprint density at radius 1 is 1.28 bits per heavy atom. The van der Waals surface area contributed by atoms with Crippen LogP contribution in [0.25, 0.3) is 5.70 Å². The van der Waals surface area contributed by atoms with Gasteiger partial charge < -0.3 is 17.5 Å². The molecule has 5 nitrogen and oxygen atoms in total. The summed E-state index contributed by atoms with van der Waals surface area (Å²) in [5.41, 5.74) is 4.76. The van der Waals surface area contributed by atoms with Crippen molar-refractivity contribution in [3.63, 3.8) is 0 Å². The molecule has 0 unspecified atom stereocenters. The standard InChI is InChI=1S/C18H16N4OS.ClH/c1-3-22-17(23)14(11-19-22)20-15-12(2)16(13-7-5-4-6-8-13)21-9-10-24-18(15)21;/h4-11H,3H2,1-2H3;1H. The lowest BCUT2D eigenvalue weighted by atomic mass is 10.1. The van der Waals surface area contributed by atoms with Gasteiger partial charge in [-0.1, -0.05) is 29.5 Å². The van der Waals surface area contributed by atoms with E-state index in [4.69, 9.17) is 4.99 Å². The molecule has 0 saturated carbocycles. The van der Waals surface area contributed by atoms with Gasteiger partial charge in [-0.2, -0.15) is 5.10 Å². The lowest BCUT2D eigenvalue weighted by Gasteiger charge is -1.98. The quantitative estimate of drug-likeness (QED) is 0.676. The highest BCUT2D eigenvalue weighted by Gasteiger charge is 2.36. The number of hydrogen-bond acceptors (Lipinski definition) is 4. The topological polar surface area (TPSA) is 54.3 Å². The first kappa shape index (κ1) is 17.4. The molecule has 0 atom stereocenters. The molecule has 0 bridgehead atoms. The summed E-state index contributed by atoms with van der Waals surface area (Å²) in [7, 11) is 0. The number of aryl methyl sites for hydroxylation is 1. The Hall–Kier alpha value is -2.44. The highest BCUT2D eigenvalue weighted by Crippen LogP contribution is 2.32. The SMILES string of the molecule is CCn1ncc(/N=C2\C(C)=C(c3ccccc3)[n+]3ccsc32)c1O.[Cl-]. The smallest absolute Gasteiger partial charge is 0.294 e. The molecule has 0 amide bonds. The van der Waals surface area contributed by atoms with E-state index >= 15 is 0 Å². The highest BCUT2D eigenvalue weighted by molar-refractivity contribution is 7.11. The second kappa shape index (κ2) is 6.82. The van der Waals surface area contributed by atoms with E-state index in [-0.39, 0.29) is 18.3 Å². The number of rotatable bonds is 3. The minimum absolute atomic E-state index is 0. The van der Waals surface area contributed by atoms with Crippen LogP contribution in [0.1, 0.15) is 24.4 Å². The summed E-state index contributed by atoms with van der Waals surface area (Å²) in [4.78, 5) is 4.71. The average molecular weight is 373 g/mol. The minimum Gasteiger partial charge on any atom is -1.00 e. The molecular formula is C18H17ClN4OS. The number of benzene rings is 1. The third-order valence-electron chi connectivity index (χ3n) is 4.13. The van der Waals surface area contributed by atoms with E-state index in [9.17, 15) is 5.11 Å². The van der Waals surface area contributed by atoms with Crippen molar-refractivity contribution in [2.75, 3.05) is 0 Å². The van der Waals surface area contributed by atoms with E-state index in [0.717, 1.165) is 27.6 Å². The summed E-state index contributed by atoms with van der Waals surface area (Å²) < 4.78 is 3.70. The van der Waals surface area contributed by atoms with Gasteiger partial charge in [-0.25, -0.2) is 9.67 Å². The number of fused-ring (bicyclic) bond motifs is 1. The zero-order chi connectivity index (χ0) is 16.7. The van der Waals surface area contributed by atoms with E-state index in [0.29, 0.717) is 12.2 Å². The van der Waals surface area contributed by atoms with Crippen LogP contribution in [-0.4, -0.2) is 20.6 Å². The number of halogens is 1. The lowest BCUT2D eigenvalue weighted by molar-refractivity contribution is -0.572. The van der Waals surface area contributed by atoms with Crippen molar-refractivity contribution >= 4 is 28.4 Å². The van der Waals surface area contributed by atoms with Gasteiger partial charge in [0.1, 0.15) is 5.69 Å². The molecule has 0 spiro atoms. The van der Waals surface area contributed by atoms with Crippen molar-refractivity contribution in [3.8, 4) is 5.88 Å². The normalized spacial score (nSPS) is 14.7. The Balaban J connectivity index is 0.00000182. The van der Waals surface area contributed by atoms with Crippen molar-refractivity contribution in [1.82, 2.24) is 9.78 Å². The van der Waals surface area contributed by atoms with E-state index in [1.807, 2.05) is 25.1 Å². The number of thiazole rings is 1. The van der Waals surface area contributed by atoms with Gasteiger partial charge in [0, 0.05) is 12.1 Å². The van der Waals surface area contributed by atoms with Gasteiger partial charge in [-0.15, -0.1) is 4.57 Å². The Bertz CT molecular complexity index is 972. The molecule has 1 aliphatic heterocycles. The van der Waals surface area contributed by atoms with Gasteiger partial charge in [0.15, 0.2) is 11.9 Å². The lowest BCUT2D eigenvalue weighted by Crippen LogP contribution is -3.00. The number of aromatic nitrogens is 3. The zero-order valence-electron chi connectivity index (χ0n) is 13.8. The molecule has 3 aromatic rings. The van der Waals surface area contributed by atoms with Crippen LogP contribution in [0.3, 0.4) is 0 Å². The summed E-state index contributed by atoms with van der Waals surface area (Å²) in [5, 5.41) is 17.5. The van der Waals surface area contributed by atoms with Crippen LogP contribution in [-0.2, 0) is 6.54 Å². The average Bonchev–Trinajstić information content (AvgIpc) is 3.26. The van der Waals surface area contributed by atoms with Crippen LogP contribution in [0.5, 0.6) is 5.88 Å². The monoisotopic (exact) mass is 372 g/mol. The molecule has 1 N–H and O–H groups in total. The van der Waals surface area contributed by atoms with Crippen molar-refractivity contribution in [2.45, 2.75) is 20.4 Å². The predicted molar refractivity (Wildman–Crippen MR) is 94.7 cm³/mol. The van der Waals surface area contributed by atoms with Crippen LogP contribution < -0.4 is 17.0 Å². The van der Waals surface area contributed by atoms with E-state index < -0.39 is 0 Å². The molecule has 3 heterocycles. The number of hydrogen-bond donors (Lipinski definition) is 1. The van der Waals surface area contributed by atoms with E-state index in [1.165, 1.54) is 4.68 Å². The summed E-state index contributed by atoms with van der Waals surface area (Å²) >= 11 is 1.64. The number of aromatic hydroxyl groups is 1. The fourth-order valence-corrected chi connectivity index (χ4v) is 3.85. The molecule has 0 aliphatic carbocycles. The maximum atomic E-state index is 10.2.